The highest BCUT2D eigenvalue weighted by Gasteiger charge is 2.48. The fourth-order valence-electron chi connectivity index (χ4n) is 6.68. The van der Waals surface area contributed by atoms with Crippen molar-refractivity contribution in [1.82, 2.24) is 10.2 Å². The van der Waals surface area contributed by atoms with E-state index in [-0.39, 0.29) is 29.5 Å². The molecule has 0 bridgehead atoms. The van der Waals surface area contributed by atoms with Crippen molar-refractivity contribution in [2.75, 3.05) is 20.7 Å². The molecule has 1 fully saturated rings. The van der Waals surface area contributed by atoms with Crippen LogP contribution in [0.15, 0.2) is 120 Å². The zero-order valence-corrected chi connectivity index (χ0v) is 37.2. The van der Waals surface area contributed by atoms with Gasteiger partial charge in [-0.3, -0.25) is 10.2 Å². The molecule has 2 aliphatic rings. The van der Waals surface area contributed by atoms with E-state index in [9.17, 15) is 30.0 Å². The summed E-state index contributed by atoms with van der Waals surface area (Å²) in [5.74, 6) is -0.571. The second-order valence-electron chi connectivity index (χ2n) is 16.0. The molecule has 1 aliphatic carbocycles. The molecule has 8 N–H and O–H groups in total. The second-order valence-corrected chi connectivity index (χ2v) is 16.0. The summed E-state index contributed by atoms with van der Waals surface area (Å²) in [6, 6.07) is 0. The van der Waals surface area contributed by atoms with Crippen LogP contribution in [0.25, 0.3) is 0 Å². The number of unbranched alkanes of at least 4 members (excludes halogenated alkanes) is 2. The van der Waals surface area contributed by atoms with E-state index < -0.39 is 42.8 Å². The normalized spacial score (nSPS) is 23.9. The summed E-state index contributed by atoms with van der Waals surface area (Å²) >= 11 is 0. The van der Waals surface area contributed by atoms with Crippen LogP contribution in [0.2, 0.25) is 0 Å². The van der Waals surface area contributed by atoms with Crippen molar-refractivity contribution in [3.63, 3.8) is 0 Å². The smallest absolute Gasteiger partial charge is 0.337 e. The molecular formula is C48H72N4O9. The Morgan fingerprint density at radius 2 is 1.59 bits per heavy atom. The van der Waals surface area contributed by atoms with Crippen molar-refractivity contribution in [3.8, 4) is 0 Å². The van der Waals surface area contributed by atoms with Crippen molar-refractivity contribution in [2.45, 2.75) is 123 Å². The lowest BCUT2D eigenvalue weighted by atomic mass is 9.92. The zero-order valence-electron chi connectivity index (χ0n) is 37.2. The lowest BCUT2D eigenvalue weighted by molar-refractivity contribution is -0.303. The van der Waals surface area contributed by atoms with Crippen LogP contribution in [0.3, 0.4) is 0 Å². The zero-order chi connectivity index (χ0) is 45.5. The van der Waals surface area contributed by atoms with Gasteiger partial charge in [-0.15, -0.1) is 0 Å². The molecule has 1 saturated heterocycles. The van der Waals surface area contributed by atoms with Crippen LogP contribution in [0, 0.1) is 23.2 Å². The Hall–Kier alpha value is -4.79. The van der Waals surface area contributed by atoms with Gasteiger partial charge in [0.05, 0.1) is 18.9 Å². The van der Waals surface area contributed by atoms with E-state index in [2.05, 4.69) is 56.1 Å². The van der Waals surface area contributed by atoms with Gasteiger partial charge in [0.1, 0.15) is 24.1 Å². The summed E-state index contributed by atoms with van der Waals surface area (Å²) in [5, 5.41) is 51.9. The van der Waals surface area contributed by atoms with Gasteiger partial charge < -0.3 is 50.6 Å². The maximum Gasteiger partial charge on any atom is 0.337 e. The van der Waals surface area contributed by atoms with Gasteiger partial charge in [0.15, 0.2) is 18.4 Å². The first-order valence-electron chi connectivity index (χ1n) is 21.2. The third-order valence-electron chi connectivity index (χ3n) is 10.5. The highest BCUT2D eigenvalue weighted by molar-refractivity contribution is 5.94. The Labute approximate surface area is 363 Å². The Bertz CT molecular complexity index is 1720. The van der Waals surface area contributed by atoms with Crippen LogP contribution >= 0.6 is 0 Å². The van der Waals surface area contributed by atoms with Crippen LogP contribution in [0.1, 0.15) is 86.0 Å². The van der Waals surface area contributed by atoms with E-state index in [0.29, 0.717) is 35.6 Å². The molecule has 0 aromatic heterocycles. The van der Waals surface area contributed by atoms with Gasteiger partial charge in [-0.2, -0.15) is 0 Å². The number of methoxy groups -OCH3 is 1. The molecule has 9 unspecified atom stereocenters. The monoisotopic (exact) mass is 849 g/mol. The molecule has 2 rings (SSSR count). The summed E-state index contributed by atoms with van der Waals surface area (Å²) in [6.45, 7) is 14.6. The predicted octanol–water partition coefficient (Wildman–Crippen LogP) is 6.89. The van der Waals surface area contributed by atoms with Gasteiger partial charge >= 0.3 is 5.97 Å². The molecule has 338 valence electrons. The minimum atomic E-state index is -1.69. The standard InChI is InChI=1S/C48H72N4O9/c1-32(23-17-14-15-22-30-52(7)48(49)50)24-18-16-19-25-33(2)31-37(6)43(60-47-42(56)40(54)41(55)44(61-47)46(58)59-8)35(4)26-20-12-10-9-11-13-21-27-36(5)45(57)51-39-34(3)28-29-38(39)53/h9-14,17-18,20-21,24,26-27,31-33,35,40-44,47,53-56H,3,15-16,19,22-23,25,28-30H2,1-2,4-8H3,(H3,49,50)(H,51,57)/b11-9+,12-10+,17-14+,21-13+,24-18+,26-20+,36-27+,37-31+. The summed E-state index contributed by atoms with van der Waals surface area (Å²) in [5.41, 5.74) is 7.96. The Morgan fingerprint density at radius 1 is 0.934 bits per heavy atom. The number of esters is 1. The molecular weight excluding hydrogens is 777 g/mol. The Morgan fingerprint density at radius 3 is 2.23 bits per heavy atom. The van der Waals surface area contributed by atoms with Crippen LogP contribution < -0.4 is 11.1 Å². The van der Waals surface area contributed by atoms with E-state index in [1.807, 2.05) is 57.4 Å². The highest BCUT2D eigenvalue weighted by Crippen LogP contribution is 2.29. The number of aliphatic hydroxyl groups is 4. The number of nitrogens with zero attached hydrogens (tertiary/aromatic N) is 1. The largest absolute Gasteiger partial charge is 0.510 e. The number of nitrogens with one attached hydrogen (secondary N) is 2. The Balaban J connectivity index is 2.04. The van der Waals surface area contributed by atoms with E-state index >= 15 is 0 Å². The quantitative estimate of drug-likeness (QED) is 0.0101. The molecule has 0 spiro atoms. The molecule has 1 heterocycles. The number of carbonyl (C=O) groups is 2. The number of nitrogens with two attached hydrogens (primary N) is 1. The van der Waals surface area contributed by atoms with E-state index in [1.165, 1.54) is 0 Å². The van der Waals surface area contributed by atoms with Crippen molar-refractivity contribution in [3.05, 3.63) is 120 Å². The predicted molar refractivity (Wildman–Crippen MR) is 242 cm³/mol. The highest BCUT2D eigenvalue weighted by atomic mass is 16.7. The van der Waals surface area contributed by atoms with Crippen LogP contribution in [-0.4, -0.2) is 101 Å². The molecule has 0 aromatic carbocycles. The number of guanidine groups is 1. The van der Waals surface area contributed by atoms with Crippen molar-refractivity contribution < 1.29 is 44.2 Å². The van der Waals surface area contributed by atoms with Crippen LogP contribution in [0.5, 0.6) is 0 Å². The van der Waals surface area contributed by atoms with Crippen LogP contribution in [0.4, 0.5) is 0 Å². The van der Waals surface area contributed by atoms with E-state index in [0.717, 1.165) is 57.8 Å². The fourth-order valence-corrected chi connectivity index (χ4v) is 6.68. The second kappa shape index (κ2) is 27.9. The molecule has 61 heavy (non-hydrogen) atoms. The Kier molecular flexibility index (Phi) is 24.0. The first-order valence-corrected chi connectivity index (χ1v) is 21.2. The summed E-state index contributed by atoms with van der Waals surface area (Å²) in [4.78, 5) is 26.6. The number of rotatable bonds is 24. The maximum atomic E-state index is 12.5. The summed E-state index contributed by atoms with van der Waals surface area (Å²) < 4.78 is 16.8. The number of aliphatic hydroxyl groups excluding tert-OH is 4. The van der Waals surface area contributed by atoms with Crippen molar-refractivity contribution in [1.29, 1.82) is 5.41 Å². The number of carbonyl (C=O) groups excluding carboxylic acids is 2. The maximum absolute atomic E-state index is 12.5. The number of ether oxygens (including phenoxy) is 3. The molecule has 1 amide bonds. The average molecular weight is 849 g/mol. The van der Waals surface area contributed by atoms with Gasteiger partial charge in [0, 0.05) is 31.5 Å². The third kappa shape index (κ3) is 18.8. The molecule has 0 radical (unpaired) electrons. The molecule has 13 heteroatoms. The summed E-state index contributed by atoms with van der Waals surface area (Å²) in [7, 11) is 2.97. The summed E-state index contributed by atoms with van der Waals surface area (Å²) in [6.07, 6.45) is 25.7. The minimum Gasteiger partial charge on any atom is -0.510 e. The minimum absolute atomic E-state index is 0.0883. The van der Waals surface area contributed by atoms with Gasteiger partial charge in [0.2, 0.25) is 0 Å². The van der Waals surface area contributed by atoms with Crippen molar-refractivity contribution in [2.24, 2.45) is 23.5 Å². The SMILES string of the molecule is C=C1CCC(O)=C1NC(=O)/C(C)=C/C=C/C=C/C=C/C=C/C(C)C(OC1OC(C(=O)OC)C(O)C(O)C1O)/C(C)=C/C(C)CCC/C=C/C(C)C/C=C/CCCN(C)C(=N)N. The fraction of sp³-hybridized carbons (Fsp3) is 0.521. The van der Waals surface area contributed by atoms with E-state index in [1.54, 1.807) is 30.1 Å². The van der Waals surface area contributed by atoms with Gasteiger partial charge in [-0.05, 0) is 81.8 Å². The number of amides is 1. The molecule has 1 aliphatic heterocycles. The third-order valence-corrected chi connectivity index (χ3v) is 10.5. The van der Waals surface area contributed by atoms with Crippen LogP contribution in [-0.2, 0) is 23.8 Å². The lowest BCUT2D eigenvalue weighted by Crippen LogP contribution is -2.61. The number of allylic oxidation sites excluding steroid dienone is 15. The number of hydrogen-bond acceptors (Lipinski definition) is 10. The molecule has 0 saturated carbocycles. The van der Waals surface area contributed by atoms with Crippen molar-refractivity contribution >= 4 is 17.8 Å². The van der Waals surface area contributed by atoms with Gasteiger partial charge in [-0.1, -0.05) is 112 Å². The lowest BCUT2D eigenvalue weighted by Gasteiger charge is -2.41. The topological polar surface area (TPSA) is 208 Å². The van der Waals surface area contributed by atoms with E-state index in [4.69, 9.17) is 25.4 Å². The van der Waals surface area contributed by atoms with Gasteiger partial charge in [0.25, 0.3) is 5.91 Å². The molecule has 0 aromatic rings. The molecule has 13 nitrogen and oxygen atoms in total. The first-order chi connectivity index (χ1) is 29.0. The average Bonchev–Trinajstić information content (AvgIpc) is 3.54. The number of hydrogen-bond donors (Lipinski definition) is 7. The first kappa shape index (κ1) is 52.3. The molecule has 9 atom stereocenters. The van der Waals surface area contributed by atoms with Gasteiger partial charge in [-0.25, -0.2) is 4.79 Å².